The molecule has 1 N–H and O–H groups in total. The predicted molar refractivity (Wildman–Crippen MR) is 108 cm³/mol. The van der Waals surface area contributed by atoms with Crippen LogP contribution in [0.1, 0.15) is 34.1 Å². The SMILES string of the molecule is COC(=O)c1c(NC(=O)Cn2cnc3c(cnn3C)c2=O)sc2c1CCC(C)C2. The second kappa shape index (κ2) is 7.43. The van der Waals surface area contributed by atoms with Crippen LogP contribution in [-0.4, -0.2) is 38.3 Å². The molecular weight excluding hydrogens is 394 g/mol. The molecule has 1 unspecified atom stereocenters. The molecule has 1 aliphatic rings. The molecule has 1 aliphatic carbocycles. The van der Waals surface area contributed by atoms with Crippen molar-refractivity contribution in [3.05, 3.63) is 38.9 Å². The van der Waals surface area contributed by atoms with Crippen molar-refractivity contribution in [1.29, 1.82) is 0 Å². The highest BCUT2D eigenvalue weighted by atomic mass is 32.1. The third kappa shape index (κ3) is 3.44. The van der Waals surface area contributed by atoms with Gasteiger partial charge in [0, 0.05) is 11.9 Å². The van der Waals surface area contributed by atoms with Gasteiger partial charge in [0.15, 0.2) is 5.65 Å². The first kappa shape index (κ1) is 19.3. The summed E-state index contributed by atoms with van der Waals surface area (Å²) in [5, 5.41) is 7.64. The summed E-state index contributed by atoms with van der Waals surface area (Å²) in [6.07, 6.45) is 5.42. The number of aryl methyl sites for hydroxylation is 1. The van der Waals surface area contributed by atoms with Crippen LogP contribution in [0.15, 0.2) is 17.3 Å². The number of aromatic nitrogens is 4. The summed E-state index contributed by atoms with van der Waals surface area (Å²) in [7, 11) is 3.03. The molecule has 0 bridgehead atoms. The molecule has 9 nitrogen and oxygen atoms in total. The second-order valence-corrected chi connectivity index (χ2v) is 8.38. The van der Waals surface area contributed by atoms with Crippen LogP contribution >= 0.6 is 11.3 Å². The average Bonchev–Trinajstić information content (AvgIpc) is 3.23. The number of amides is 1. The van der Waals surface area contributed by atoms with Crippen LogP contribution in [-0.2, 0) is 36.0 Å². The van der Waals surface area contributed by atoms with Crippen LogP contribution in [0.5, 0.6) is 0 Å². The molecule has 4 rings (SSSR count). The third-order valence-electron chi connectivity index (χ3n) is 5.19. The second-order valence-electron chi connectivity index (χ2n) is 7.28. The maximum absolute atomic E-state index is 12.7. The maximum atomic E-state index is 12.7. The van der Waals surface area contributed by atoms with E-state index in [9.17, 15) is 14.4 Å². The molecule has 3 aromatic heterocycles. The number of ether oxygens (including phenoxy) is 1. The maximum Gasteiger partial charge on any atom is 0.341 e. The van der Waals surface area contributed by atoms with E-state index in [0.717, 1.165) is 29.7 Å². The number of rotatable bonds is 4. The highest BCUT2D eigenvalue weighted by molar-refractivity contribution is 7.17. The van der Waals surface area contributed by atoms with Crippen molar-refractivity contribution in [3.63, 3.8) is 0 Å². The number of nitrogens with zero attached hydrogens (tertiary/aromatic N) is 4. The van der Waals surface area contributed by atoms with Gasteiger partial charge in [-0.25, -0.2) is 9.78 Å². The van der Waals surface area contributed by atoms with Crippen LogP contribution in [0.4, 0.5) is 5.00 Å². The van der Waals surface area contributed by atoms with E-state index >= 15 is 0 Å². The number of anilines is 1. The fourth-order valence-corrected chi connectivity index (χ4v) is 5.07. The summed E-state index contributed by atoms with van der Waals surface area (Å²) >= 11 is 1.41. The van der Waals surface area contributed by atoms with Crippen LogP contribution < -0.4 is 10.9 Å². The third-order valence-corrected chi connectivity index (χ3v) is 6.36. The molecule has 0 radical (unpaired) electrons. The first-order chi connectivity index (χ1) is 13.9. The van der Waals surface area contributed by atoms with Gasteiger partial charge in [-0.3, -0.25) is 18.8 Å². The van der Waals surface area contributed by atoms with E-state index in [4.69, 9.17) is 4.74 Å². The minimum Gasteiger partial charge on any atom is -0.465 e. The van der Waals surface area contributed by atoms with Crippen molar-refractivity contribution in [3.8, 4) is 0 Å². The molecule has 0 aliphatic heterocycles. The lowest BCUT2D eigenvalue weighted by Crippen LogP contribution is -2.28. The van der Waals surface area contributed by atoms with Gasteiger partial charge in [0.2, 0.25) is 5.91 Å². The first-order valence-corrected chi connectivity index (χ1v) is 10.1. The molecule has 0 spiro atoms. The first-order valence-electron chi connectivity index (χ1n) is 9.29. The summed E-state index contributed by atoms with van der Waals surface area (Å²) in [6, 6.07) is 0. The Morgan fingerprint density at radius 3 is 2.97 bits per heavy atom. The number of hydrogen-bond donors (Lipinski definition) is 1. The van der Waals surface area contributed by atoms with Crippen LogP contribution in [0.3, 0.4) is 0 Å². The number of hydrogen-bond acceptors (Lipinski definition) is 7. The van der Waals surface area contributed by atoms with Gasteiger partial charge in [-0.2, -0.15) is 5.10 Å². The average molecular weight is 415 g/mol. The van der Waals surface area contributed by atoms with E-state index in [-0.39, 0.29) is 12.1 Å². The highest BCUT2D eigenvalue weighted by Crippen LogP contribution is 2.40. The largest absolute Gasteiger partial charge is 0.465 e. The fourth-order valence-electron chi connectivity index (χ4n) is 3.66. The zero-order valence-electron chi connectivity index (χ0n) is 16.4. The fraction of sp³-hybridized carbons (Fsp3) is 0.421. The van der Waals surface area contributed by atoms with Gasteiger partial charge in [-0.1, -0.05) is 6.92 Å². The van der Waals surface area contributed by atoms with Crippen molar-refractivity contribution >= 4 is 39.2 Å². The quantitative estimate of drug-likeness (QED) is 0.651. The zero-order chi connectivity index (χ0) is 20.7. The van der Waals surface area contributed by atoms with Crippen LogP contribution in [0.25, 0.3) is 11.0 Å². The van der Waals surface area contributed by atoms with E-state index in [1.165, 1.54) is 40.2 Å². The van der Waals surface area contributed by atoms with E-state index in [1.807, 2.05) is 0 Å². The number of fused-ring (bicyclic) bond motifs is 2. The molecule has 29 heavy (non-hydrogen) atoms. The Hall–Kier alpha value is -3.01. The Kier molecular flexibility index (Phi) is 4.95. The summed E-state index contributed by atoms with van der Waals surface area (Å²) in [5.41, 5.74) is 1.51. The van der Waals surface area contributed by atoms with Crippen molar-refractivity contribution in [2.24, 2.45) is 13.0 Å². The van der Waals surface area contributed by atoms with Gasteiger partial charge in [-0.05, 0) is 30.7 Å². The number of carbonyl (C=O) groups is 2. The Bertz CT molecular complexity index is 1180. The lowest BCUT2D eigenvalue weighted by atomic mass is 9.88. The van der Waals surface area contributed by atoms with Gasteiger partial charge in [0.05, 0.1) is 18.9 Å². The van der Waals surface area contributed by atoms with Crippen molar-refractivity contribution in [2.75, 3.05) is 12.4 Å². The van der Waals surface area contributed by atoms with E-state index in [0.29, 0.717) is 27.5 Å². The van der Waals surface area contributed by atoms with Crippen molar-refractivity contribution in [1.82, 2.24) is 19.3 Å². The topological polar surface area (TPSA) is 108 Å². The predicted octanol–water partition coefficient (Wildman–Crippen LogP) is 1.74. The monoisotopic (exact) mass is 415 g/mol. The summed E-state index contributed by atoms with van der Waals surface area (Å²) in [6.45, 7) is 1.96. The van der Waals surface area contributed by atoms with E-state index < -0.39 is 11.9 Å². The Morgan fingerprint density at radius 1 is 1.41 bits per heavy atom. The molecule has 0 aromatic carbocycles. The number of carbonyl (C=O) groups excluding carboxylic acids is 2. The van der Waals surface area contributed by atoms with Gasteiger partial charge >= 0.3 is 5.97 Å². The summed E-state index contributed by atoms with van der Waals surface area (Å²) in [5.74, 6) is -0.331. The lowest BCUT2D eigenvalue weighted by molar-refractivity contribution is -0.116. The van der Waals surface area contributed by atoms with Gasteiger partial charge in [-0.15, -0.1) is 11.3 Å². The molecule has 0 saturated heterocycles. The Morgan fingerprint density at radius 2 is 2.21 bits per heavy atom. The Balaban J connectivity index is 1.61. The summed E-state index contributed by atoms with van der Waals surface area (Å²) in [4.78, 5) is 42.9. The van der Waals surface area contributed by atoms with Crippen molar-refractivity contribution < 1.29 is 14.3 Å². The highest BCUT2D eigenvalue weighted by Gasteiger charge is 2.29. The molecule has 3 aromatic rings. The molecule has 0 saturated carbocycles. The van der Waals surface area contributed by atoms with Crippen molar-refractivity contribution in [2.45, 2.75) is 32.7 Å². The number of thiophene rings is 1. The zero-order valence-corrected chi connectivity index (χ0v) is 17.2. The normalized spacial score (nSPS) is 15.9. The molecular formula is C19H21N5O4S. The minimum atomic E-state index is -0.456. The smallest absolute Gasteiger partial charge is 0.341 e. The lowest BCUT2D eigenvalue weighted by Gasteiger charge is -2.18. The van der Waals surface area contributed by atoms with E-state index in [2.05, 4.69) is 22.3 Å². The van der Waals surface area contributed by atoms with Crippen LogP contribution in [0, 0.1) is 5.92 Å². The number of methoxy groups -OCH3 is 1. The molecule has 152 valence electrons. The molecule has 3 heterocycles. The number of nitrogens with one attached hydrogen (secondary N) is 1. The summed E-state index contributed by atoms with van der Waals surface area (Å²) < 4.78 is 7.67. The number of esters is 1. The minimum absolute atomic E-state index is 0.212. The van der Waals surface area contributed by atoms with Gasteiger partial charge in [0.25, 0.3) is 5.56 Å². The molecule has 10 heteroatoms. The Labute approximate surface area is 170 Å². The van der Waals surface area contributed by atoms with Crippen LogP contribution in [0.2, 0.25) is 0 Å². The van der Waals surface area contributed by atoms with Gasteiger partial charge in [0.1, 0.15) is 23.3 Å². The standard InChI is InChI=1S/C19H21N5O4S/c1-10-4-5-11-13(6-10)29-17(15(11)19(27)28-3)22-14(25)8-24-9-20-16-12(18(24)26)7-21-23(16)2/h7,9-10H,4-6,8H2,1-3H3,(H,22,25). The molecule has 1 amide bonds. The van der Waals surface area contributed by atoms with E-state index in [1.54, 1.807) is 7.05 Å². The molecule has 0 fully saturated rings. The molecule has 1 atom stereocenters. The van der Waals surface area contributed by atoms with Gasteiger partial charge < -0.3 is 10.1 Å².